The second-order valence-corrected chi connectivity index (χ2v) is 8.28. The number of nitrogens with zero attached hydrogens (tertiary/aromatic N) is 2. The van der Waals surface area contributed by atoms with E-state index in [0.29, 0.717) is 11.3 Å². The van der Waals surface area contributed by atoms with Crippen molar-refractivity contribution in [3.05, 3.63) is 42.1 Å². The number of amides is 1. The number of benzene rings is 1. The first-order valence-electron chi connectivity index (χ1n) is 8.39. The van der Waals surface area contributed by atoms with E-state index in [1.54, 1.807) is 45.0 Å². The summed E-state index contributed by atoms with van der Waals surface area (Å²) in [6.45, 7) is 5.16. The highest BCUT2D eigenvalue weighted by molar-refractivity contribution is 7.88. The van der Waals surface area contributed by atoms with Crippen LogP contribution in [0.25, 0.3) is 5.70 Å². The third-order valence-corrected chi connectivity index (χ3v) is 5.11. The van der Waals surface area contributed by atoms with E-state index in [2.05, 4.69) is 0 Å². The van der Waals surface area contributed by atoms with E-state index in [1.807, 2.05) is 6.07 Å². The number of ether oxygens (including phenoxy) is 1. The molecular weight excluding hydrogens is 356 g/mol. The van der Waals surface area contributed by atoms with Crippen molar-refractivity contribution in [3.8, 4) is 0 Å². The van der Waals surface area contributed by atoms with Crippen molar-refractivity contribution in [2.75, 3.05) is 19.4 Å². The normalized spacial score (nSPS) is 18.1. The number of hydrogen-bond donors (Lipinski definition) is 0. The topological polar surface area (TPSA) is 84.0 Å². The highest BCUT2D eigenvalue weighted by Crippen LogP contribution is 2.31. The number of rotatable bonds is 6. The quantitative estimate of drug-likeness (QED) is 0.701. The zero-order valence-corrected chi connectivity index (χ0v) is 16.2. The van der Waals surface area contributed by atoms with Crippen molar-refractivity contribution in [1.82, 2.24) is 9.21 Å². The molecule has 1 amide bonds. The molecule has 1 aliphatic heterocycles. The SMILES string of the molecule is CCOC(=O)CN1C(=O)C(C(C)C)N(S(C)(=O)=O)C=C1c1ccccc1. The van der Waals surface area contributed by atoms with Crippen LogP contribution in [0.5, 0.6) is 0 Å². The lowest BCUT2D eigenvalue weighted by Crippen LogP contribution is -2.55. The average Bonchev–Trinajstić information content (AvgIpc) is 2.56. The van der Waals surface area contributed by atoms with E-state index in [4.69, 9.17) is 4.74 Å². The smallest absolute Gasteiger partial charge is 0.326 e. The Bertz CT molecular complexity index is 802. The summed E-state index contributed by atoms with van der Waals surface area (Å²) in [6.07, 6.45) is 2.49. The zero-order valence-electron chi connectivity index (χ0n) is 15.4. The van der Waals surface area contributed by atoms with Gasteiger partial charge in [-0.3, -0.25) is 18.8 Å². The Balaban J connectivity index is 2.59. The first-order valence-corrected chi connectivity index (χ1v) is 10.2. The summed E-state index contributed by atoms with van der Waals surface area (Å²) in [6, 6.07) is 7.98. The van der Waals surface area contributed by atoms with E-state index >= 15 is 0 Å². The lowest BCUT2D eigenvalue weighted by molar-refractivity contribution is -0.148. The van der Waals surface area contributed by atoms with Crippen LogP contribution in [0.15, 0.2) is 36.5 Å². The summed E-state index contributed by atoms with van der Waals surface area (Å²) in [7, 11) is -3.66. The average molecular weight is 380 g/mol. The fraction of sp³-hybridized carbons (Fsp3) is 0.444. The molecule has 2 rings (SSSR count). The molecule has 1 aliphatic rings. The van der Waals surface area contributed by atoms with Gasteiger partial charge in [-0.25, -0.2) is 8.42 Å². The second-order valence-electron chi connectivity index (χ2n) is 6.39. The summed E-state index contributed by atoms with van der Waals surface area (Å²) < 4.78 is 30.6. The molecule has 1 aromatic rings. The predicted octanol–water partition coefficient (Wildman–Crippen LogP) is 1.68. The minimum absolute atomic E-state index is 0.203. The molecule has 0 fully saturated rings. The van der Waals surface area contributed by atoms with Crippen molar-refractivity contribution in [2.24, 2.45) is 5.92 Å². The van der Waals surface area contributed by atoms with Crippen molar-refractivity contribution >= 4 is 27.6 Å². The molecule has 26 heavy (non-hydrogen) atoms. The van der Waals surface area contributed by atoms with Gasteiger partial charge in [0.15, 0.2) is 0 Å². The molecule has 0 aromatic heterocycles. The van der Waals surface area contributed by atoms with E-state index in [9.17, 15) is 18.0 Å². The van der Waals surface area contributed by atoms with E-state index in [-0.39, 0.29) is 19.1 Å². The van der Waals surface area contributed by atoms with Crippen LogP contribution in [0, 0.1) is 5.92 Å². The number of esters is 1. The fourth-order valence-corrected chi connectivity index (χ4v) is 3.91. The number of carbonyl (C=O) groups excluding carboxylic acids is 2. The molecule has 1 heterocycles. The molecule has 0 aliphatic carbocycles. The second kappa shape index (κ2) is 7.90. The van der Waals surface area contributed by atoms with Crippen LogP contribution in [0.3, 0.4) is 0 Å². The van der Waals surface area contributed by atoms with Gasteiger partial charge in [-0.05, 0) is 18.4 Å². The maximum Gasteiger partial charge on any atom is 0.326 e. The van der Waals surface area contributed by atoms with Crippen molar-refractivity contribution in [2.45, 2.75) is 26.8 Å². The Kier molecular flexibility index (Phi) is 6.07. The summed E-state index contributed by atoms with van der Waals surface area (Å²) in [4.78, 5) is 26.4. The molecule has 0 saturated heterocycles. The minimum atomic E-state index is -3.66. The largest absolute Gasteiger partial charge is 0.465 e. The number of sulfonamides is 1. The molecule has 0 bridgehead atoms. The van der Waals surface area contributed by atoms with Gasteiger partial charge in [-0.15, -0.1) is 0 Å². The predicted molar refractivity (Wildman–Crippen MR) is 98.1 cm³/mol. The zero-order chi connectivity index (χ0) is 19.5. The number of carbonyl (C=O) groups is 2. The van der Waals surface area contributed by atoms with Gasteiger partial charge >= 0.3 is 5.97 Å². The van der Waals surface area contributed by atoms with E-state index < -0.39 is 27.9 Å². The molecule has 1 atom stereocenters. The lowest BCUT2D eigenvalue weighted by atomic mass is 9.99. The maximum atomic E-state index is 13.1. The maximum absolute atomic E-state index is 13.1. The van der Waals surface area contributed by atoms with Crippen LogP contribution in [0.4, 0.5) is 0 Å². The van der Waals surface area contributed by atoms with Crippen LogP contribution in [0.2, 0.25) is 0 Å². The van der Waals surface area contributed by atoms with Crippen LogP contribution < -0.4 is 0 Å². The first kappa shape index (κ1) is 20.0. The molecule has 142 valence electrons. The Morgan fingerprint density at radius 1 is 1.23 bits per heavy atom. The van der Waals surface area contributed by atoms with E-state index in [1.165, 1.54) is 11.1 Å². The number of hydrogen-bond acceptors (Lipinski definition) is 5. The molecule has 0 saturated carbocycles. The Hall–Kier alpha value is -2.35. The summed E-state index contributed by atoms with van der Waals surface area (Å²) in [5.41, 5.74) is 0.993. The van der Waals surface area contributed by atoms with Crippen LogP contribution >= 0.6 is 0 Å². The fourth-order valence-electron chi connectivity index (χ4n) is 2.88. The van der Waals surface area contributed by atoms with Crippen molar-refractivity contribution in [1.29, 1.82) is 0 Å². The van der Waals surface area contributed by atoms with Gasteiger partial charge in [0.2, 0.25) is 10.0 Å². The molecule has 0 radical (unpaired) electrons. The van der Waals surface area contributed by atoms with Gasteiger partial charge in [0.1, 0.15) is 12.6 Å². The van der Waals surface area contributed by atoms with Crippen LogP contribution in [0.1, 0.15) is 26.3 Å². The van der Waals surface area contributed by atoms with Crippen LogP contribution in [-0.4, -0.2) is 54.9 Å². The molecule has 7 nitrogen and oxygen atoms in total. The Morgan fingerprint density at radius 2 is 1.85 bits per heavy atom. The van der Waals surface area contributed by atoms with Gasteiger partial charge in [0.05, 0.1) is 18.6 Å². The molecule has 1 unspecified atom stereocenters. The molecule has 1 aromatic carbocycles. The minimum Gasteiger partial charge on any atom is -0.465 e. The summed E-state index contributed by atoms with van der Waals surface area (Å²) >= 11 is 0. The molecular formula is C18H24N2O5S. The Labute approximate surface area is 154 Å². The van der Waals surface area contributed by atoms with Gasteiger partial charge in [0.25, 0.3) is 5.91 Å². The lowest BCUT2D eigenvalue weighted by Gasteiger charge is -2.40. The molecule has 8 heteroatoms. The Morgan fingerprint density at radius 3 is 2.35 bits per heavy atom. The monoisotopic (exact) mass is 380 g/mol. The van der Waals surface area contributed by atoms with Gasteiger partial charge in [-0.2, -0.15) is 0 Å². The van der Waals surface area contributed by atoms with Gasteiger partial charge in [0, 0.05) is 6.20 Å². The summed E-state index contributed by atoms with van der Waals surface area (Å²) in [5.74, 6) is -1.26. The van der Waals surface area contributed by atoms with Crippen molar-refractivity contribution in [3.63, 3.8) is 0 Å². The first-order chi connectivity index (χ1) is 12.2. The van der Waals surface area contributed by atoms with Crippen LogP contribution in [-0.2, 0) is 24.3 Å². The summed E-state index contributed by atoms with van der Waals surface area (Å²) in [5, 5.41) is 0. The standard InChI is InChI=1S/C18H24N2O5S/c1-5-25-16(21)12-19-15(14-9-7-6-8-10-14)11-20(26(4,23)24)17(13(2)3)18(19)22/h6-11,13,17H,5,12H2,1-4H3. The van der Waals surface area contributed by atoms with Gasteiger partial charge in [-0.1, -0.05) is 44.2 Å². The third-order valence-electron chi connectivity index (χ3n) is 4.01. The molecule has 0 spiro atoms. The third kappa shape index (κ3) is 4.24. The highest BCUT2D eigenvalue weighted by Gasteiger charge is 2.42. The van der Waals surface area contributed by atoms with Crippen molar-refractivity contribution < 1.29 is 22.7 Å². The highest BCUT2D eigenvalue weighted by atomic mass is 32.2. The molecule has 0 N–H and O–H groups in total. The van der Waals surface area contributed by atoms with E-state index in [0.717, 1.165) is 10.6 Å². The van der Waals surface area contributed by atoms with Gasteiger partial charge < -0.3 is 4.74 Å².